The van der Waals surface area contributed by atoms with Crippen molar-refractivity contribution >= 4 is 15.9 Å². The number of H-pyrrole nitrogens is 1. The first kappa shape index (κ1) is 14.4. The number of hydrogen-bond donors (Lipinski definition) is 2. The Kier molecular flexibility index (Phi) is 4.45. The Bertz CT molecular complexity index is 627. The largest absolute Gasteiger partial charge is 0.454 e. The highest BCUT2D eigenvalue weighted by molar-refractivity contribution is 9.10. The van der Waals surface area contributed by atoms with Crippen molar-refractivity contribution in [3.05, 3.63) is 39.6 Å². The molecule has 2 aromatic rings. The van der Waals surface area contributed by atoms with Crippen LogP contribution in [-0.4, -0.2) is 23.5 Å². The lowest BCUT2D eigenvalue weighted by Crippen LogP contribution is -2.15. The predicted molar refractivity (Wildman–Crippen MR) is 83.6 cm³/mol. The van der Waals surface area contributed by atoms with Gasteiger partial charge in [-0.25, -0.2) is 0 Å². The summed E-state index contributed by atoms with van der Waals surface area (Å²) >= 11 is 3.51. The van der Waals surface area contributed by atoms with E-state index in [0.29, 0.717) is 6.79 Å². The zero-order valence-corrected chi connectivity index (χ0v) is 13.5. The van der Waals surface area contributed by atoms with Crippen molar-refractivity contribution in [2.75, 3.05) is 13.3 Å². The predicted octanol–water partition coefficient (Wildman–Crippen LogP) is 2.93. The Hall–Kier alpha value is -1.53. The smallest absolute Gasteiger partial charge is 0.231 e. The van der Waals surface area contributed by atoms with Crippen LogP contribution in [0, 0.1) is 6.92 Å². The van der Waals surface area contributed by atoms with E-state index < -0.39 is 0 Å². The zero-order chi connectivity index (χ0) is 14.7. The molecular weight excluding hydrogens is 334 g/mol. The molecule has 0 radical (unpaired) electrons. The van der Waals surface area contributed by atoms with Crippen LogP contribution in [0.4, 0.5) is 0 Å². The van der Waals surface area contributed by atoms with Crippen molar-refractivity contribution in [3.8, 4) is 11.5 Å². The number of nitrogens with zero attached hydrogens (tertiary/aromatic N) is 1. The van der Waals surface area contributed by atoms with Gasteiger partial charge in [-0.3, -0.25) is 5.10 Å². The third-order valence-corrected chi connectivity index (χ3v) is 4.14. The Labute approximate surface area is 132 Å². The summed E-state index contributed by atoms with van der Waals surface area (Å²) in [5, 5.41) is 10.5. The highest BCUT2D eigenvalue weighted by Gasteiger charge is 2.17. The molecule has 0 spiro atoms. The van der Waals surface area contributed by atoms with Crippen LogP contribution in [0.5, 0.6) is 11.5 Å². The maximum atomic E-state index is 5.42. The van der Waals surface area contributed by atoms with Gasteiger partial charge in [-0.15, -0.1) is 0 Å². The molecule has 0 bridgehead atoms. The maximum Gasteiger partial charge on any atom is 0.231 e. The molecule has 2 N–H and O–H groups in total. The standard InChI is InChI=1S/C15H18BrN3O2/c1-10-12(8-18-19-10)3-2-4-17-7-11-5-13(16)15-14(6-11)20-9-21-15/h5-6,8,17H,2-4,7,9H2,1H3,(H,18,19). The molecule has 1 aliphatic rings. The third-order valence-electron chi connectivity index (χ3n) is 3.55. The van der Waals surface area contributed by atoms with Crippen LogP contribution in [0.3, 0.4) is 0 Å². The zero-order valence-electron chi connectivity index (χ0n) is 11.9. The quantitative estimate of drug-likeness (QED) is 0.785. The van der Waals surface area contributed by atoms with Gasteiger partial charge in [0.15, 0.2) is 11.5 Å². The second kappa shape index (κ2) is 6.49. The third kappa shape index (κ3) is 3.39. The Morgan fingerprint density at radius 1 is 1.38 bits per heavy atom. The van der Waals surface area contributed by atoms with Crippen LogP contribution in [0.1, 0.15) is 23.2 Å². The first-order chi connectivity index (χ1) is 10.2. The lowest BCUT2D eigenvalue weighted by molar-refractivity contribution is 0.173. The van der Waals surface area contributed by atoms with E-state index in [1.165, 1.54) is 11.1 Å². The molecule has 0 saturated heterocycles. The van der Waals surface area contributed by atoms with E-state index in [1.807, 2.05) is 12.3 Å². The van der Waals surface area contributed by atoms with Gasteiger partial charge < -0.3 is 14.8 Å². The summed E-state index contributed by atoms with van der Waals surface area (Å²) in [6.45, 7) is 4.14. The summed E-state index contributed by atoms with van der Waals surface area (Å²) in [7, 11) is 0. The molecule has 1 aliphatic heterocycles. The molecule has 0 aliphatic carbocycles. The number of nitrogens with one attached hydrogen (secondary N) is 2. The fraction of sp³-hybridized carbons (Fsp3) is 0.400. The summed E-state index contributed by atoms with van der Waals surface area (Å²) < 4.78 is 11.7. The maximum absolute atomic E-state index is 5.42. The number of ether oxygens (including phenoxy) is 2. The van der Waals surface area contributed by atoms with Crippen molar-refractivity contribution in [3.63, 3.8) is 0 Å². The number of aromatic amines is 1. The highest BCUT2D eigenvalue weighted by Crippen LogP contribution is 2.39. The number of benzene rings is 1. The van der Waals surface area contributed by atoms with E-state index in [0.717, 1.165) is 47.6 Å². The van der Waals surface area contributed by atoms with Gasteiger partial charge >= 0.3 is 0 Å². The monoisotopic (exact) mass is 351 g/mol. The second-order valence-corrected chi connectivity index (χ2v) is 5.97. The summed E-state index contributed by atoms with van der Waals surface area (Å²) in [5.41, 5.74) is 3.64. The SMILES string of the molecule is Cc1[nH]ncc1CCCNCc1cc(Br)c2c(c1)OCO2. The first-order valence-corrected chi connectivity index (χ1v) is 7.81. The topological polar surface area (TPSA) is 59.2 Å². The van der Waals surface area contributed by atoms with E-state index in [9.17, 15) is 0 Å². The Morgan fingerprint density at radius 2 is 2.29 bits per heavy atom. The summed E-state index contributed by atoms with van der Waals surface area (Å²) in [6.07, 6.45) is 4.04. The second-order valence-electron chi connectivity index (χ2n) is 5.11. The highest BCUT2D eigenvalue weighted by atomic mass is 79.9. The van der Waals surface area contributed by atoms with Crippen molar-refractivity contribution < 1.29 is 9.47 Å². The summed E-state index contributed by atoms with van der Waals surface area (Å²) in [5.74, 6) is 1.62. The number of halogens is 1. The lowest BCUT2D eigenvalue weighted by atomic mass is 10.1. The molecule has 1 aromatic heterocycles. The minimum absolute atomic E-state index is 0.300. The van der Waals surface area contributed by atoms with E-state index in [1.54, 1.807) is 0 Å². The minimum atomic E-state index is 0.300. The molecule has 1 aromatic carbocycles. The van der Waals surface area contributed by atoms with Crippen LogP contribution >= 0.6 is 15.9 Å². The van der Waals surface area contributed by atoms with Gasteiger partial charge in [0.2, 0.25) is 6.79 Å². The molecule has 0 saturated carbocycles. The van der Waals surface area contributed by atoms with E-state index in [2.05, 4.69) is 44.4 Å². The molecule has 3 rings (SSSR count). The van der Waals surface area contributed by atoms with Gasteiger partial charge in [0.1, 0.15) is 0 Å². The van der Waals surface area contributed by atoms with Gasteiger partial charge in [0, 0.05) is 12.2 Å². The van der Waals surface area contributed by atoms with Crippen molar-refractivity contribution in [2.24, 2.45) is 0 Å². The number of aromatic nitrogens is 2. The lowest BCUT2D eigenvalue weighted by Gasteiger charge is -2.07. The molecular formula is C15H18BrN3O2. The first-order valence-electron chi connectivity index (χ1n) is 7.01. The van der Waals surface area contributed by atoms with Gasteiger partial charge in [-0.05, 0) is 65.5 Å². The van der Waals surface area contributed by atoms with Crippen LogP contribution in [0.2, 0.25) is 0 Å². The Balaban J connectivity index is 1.46. The van der Waals surface area contributed by atoms with Gasteiger partial charge in [0.25, 0.3) is 0 Å². The number of fused-ring (bicyclic) bond motifs is 1. The molecule has 2 heterocycles. The van der Waals surface area contributed by atoms with Crippen LogP contribution < -0.4 is 14.8 Å². The van der Waals surface area contributed by atoms with Gasteiger partial charge in [-0.2, -0.15) is 5.10 Å². The molecule has 6 heteroatoms. The molecule has 0 atom stereocenters. The molecule has 21 heavy (non-hydrogen) atoms. The van der Waals surface area contributed by atoms with E-state index in [4.69, 9.17) is 9.47 Å². The van der Waals surface area contributed by atoms with Crippen molar-refractivity contribution in [2.45, 2.75) is 26.3 Å². The van der Waals surface area contributed by atoms with Crippen molar-refractivity contribution in [1.29, 1.82) is 0 Å². The van der Waals surface area contributed by atoms with Gasteiger partial charge in [-0.1, -0.05) is 0 Å². The summed E-state index contributed by atoms with van der Waals surface area (Å²) in [6, 6.07) is 4.10. The molecule has 5 nitrogen and oxygen atoms in total. The van der Waals surface area contributed by atoms with E-state index >= 15 is 0 Å². The molecule has 0 fully saturated rings. The van der Waals surface area contributed by atoms with Crippen molar-refractivity contribution in [1.82, 2.24) is 15.5 Å². The fourth-order valence-electron chi connectivity index (χ4n) is 2.39. The number of rotatable bonds is 6. The van der Waals surface area contributed by atoms with Crippen LogP contribution in [-0.2, 0) is 13.0 Å². The average molecular weight is 352 g/mol. The van der Waals surface area contributed by atoms with Crippen LogP contribution in [0.15, 0.2) is 22.8 Å². The Morgan fingerprint density at radius 3 is 3.10 bits per heavy atom. The molecule has 0 unspecified atom stereocenters. The summed E-state index contributed by atoms with van der Waals surface area (Å²) in [4.78, 5) is 0. The average Bonchev–Trinajstić information content (AvgIpc) is 3.08. The minimum Gasteiger partial charge on any atom is -0.454 e. The molecule has 0 amide bonds. The van der Waals surface area contributed by atoms with Crippen LogP contribution in [0.25, 0.3) is 0 Å². The van der Waals surface area contributed by atoms with Gasteiger partial charge in [0.05, 0.1) is 10.7 Å². The normalized spacial score (nSPS) is 12.9. The number of aryl methyl sites for hydroxylation is 2. The molecule has 112 valence electrons. The number of hydrogen-bond acceptors (Lipinski definition) is 4. The van der Waals surface area contributed by atoms with E-state index in [-0.39, 0.29) is 0 Å². The fourth-order valence-corrected chi connectivity index (χ4v) is 2.99.